The van der Waals surface area contributed by atoms with Crippen LogP contribution in [0.4, 0.5) is 0 Å². The van der Waals surface area contributed by atoms with Crippen molar-refractivity contribution in [1.82, 2.24) is 4.98 Å². The monoisotopic (exact) mass is 221 g/mol. The fourth-order valence-electron chi connectivity index (χ4n) is 1.78. The molecule has 0 saturated heterocycles. The maximum atomic E-state index is 11.1. The van der Waals surface area contributed by atoms with Gasteiger partial charge in [-0.1, -0.05) is 13.0 Å². The largest absolute Gasteiger partial charge is 0.292 e. The molecule has 0 aromatic carbocycles. The van der Waals surface area contributed by atoms with Crippen LogP contribution in [-0.4, -0.2) is 10.8 Å². The van der Waals surface area contributed by atoms with Crippen LogP contribution >= 0.6 is 11.3 Å². The second kappa shape index (κ2) is 4.27. The average Bonchev–Trinajstić information content (AvgIpc) is 2.68. The molecule has 2 rings (SSSR count). The number of carbonyl (C=O) groups excluding carboxylic acids is 1. The summed E-state index contributed by atoms with van der Waals surface area (Å²) in [5.74, 6) is 0.857. The topological polar surface area (TPSA) is 30.0 Å². The van der Waals surface area contributed by atoms with E-state index in [-0.39, 0.29) is 5.78 Å². The lowest BCUT2D eigenvalue weighted by molar-refractivity contribution is 0.101. The van der Waals surface area contributed by atoms with E-state index in [1.165, 1.54) is 23.3 Å². The van der Waals surface area contributed by atoms with Crippen LogP contribution in [0.2, 0.25) is 0 Å². The zero-order chi connectivity index (χ0) is 10.8. The van der Waals surface area contributed by atoms with Crippen LogP contribution in [0.25, 0.3) is 5.57 Å². The number of aromatic nitrogens is 1. The summed E-state index contributed by atoms with van der Waals surface area (Å²) in [4.78, 5) is 15.5. The molecule has 1 aromatic rings. The third-order valence-corrected chi connectivity index (χ3v) is 3.75. The van der Waals surface area contributed by atoms with Crippen LogP contribution in [0, 0.1) is 5.92 Å². The number of thiazole rings is 1. The molecule has 0 fully saturated rings. The van der Waals surface area contributed by atoms with Gasteiger partial charge in [-0.3, -0.25) is 4.79 Å². The van der Waals surface area contributed by atoms with Gasteiger partial charge >= 0.3 is 0 Å². The zero-order valence-electron chi connectivity index (χ0n) is 9.12. The number of allylic oxidation sites excluding steroid dienone is 2. The molecule has 2 nitrogen and oxygen atoms in total. The van der Waals surface area contributed by atoms with Gasteiger partial charge in [0.05, 0.1) is 5.69 Å². The number of carbonyl (C=O) groups is 1. The van der Waals surface area contributed by atoms with Crippen LogP contribution in [0.15, 0.2) is 11.5 Å². The lowest BCUT2D eigenvalue weighted by atomic mass is 9.90. The molecule has 0 bridgehead atoms. The van der Waals surface area contributed by atoms with Crippen molar-refractivity contribution in [3.8, 4) is 0 Å². The Kier molecular flexibility index (Phi) is 3.00. The Morgan fingerprint density at radius 3 is 2.93 bits per heavy atom. The number of ketones is 1. The highest BCUT2D eigenvalue weighted by atomic mass is 32.1. The van der Waals surface area contributed by atoms with Gasteiger partial charge in [-0.25, -0.2) is 4.98 Å². The van der Waals surface area contributed by atoms with Crippen molar-refractivity contribution >= 4 is 22.7 Å². The summed E-state index contributed by atoms with van der Waals surface area (Å²) in [6.07, 6.45) is 5.75. The van der Waals surface area contributed by atoms with Gasteiger partial charge < -0.3 is 0 Å². The molecule has 1 heterocycles. The van der Waals surface area contributed by atoms with Crippen molar-refractivity contribution in [3.05, 3.63) is 22.2 Å². The Morgan fingerprint density at radius 2 is 2.40 bits per heavy atom. The van der Waals surface area contributed by atoms with E-state index in [1.807, 2.05) is 5.38 Å². The number of Topliss-reactive ketones (excluding diaryl/α,β-unsaturated/α-hetero) is 1. The Bertz CT molecular complexity index is 406. The first-order valence-electron chi connectivity index (χ1n) is 5.32. The van der Waals surface area contributed by atoms with E-state index in [1.54, 1.807) is 6.92 Å². The molecule has 1 atom stereocenters. The van der Waals surface area contributed by atoms with Crippen LogP contribution in [-0.2, 0) is 0 Å². The Morgan fingerprint density at radius 1 is 1.60 bits per heavy atom. The molecule has 1 aliphatic rings. The summed E-state index contributed by atoms with van der Waals surface area (Å²) in [6.45, 7) is 3.84. The number of rotatable bonds is 2. The fourth-order valence-corrected chi connectivity index (χ4v) is 2.53. The molecule has 0 aliphatic heterocycles. The summed E-state index contributed by atoms with van der Waals surface area (Å²) in [6, 6.07) is 0. The van der Waals surface area contributed by atoms with Crippen LogP contribution in [0.1, 0.15) is 48.6 Å². The van der Waals surface area contributed by atoms with Crippen molar-refractivity contribution in [2.24, 2.45) is 5.92 Å². The van der Waals surface area contributed by atoms with Gasteiger partial charge in [0.25, 0.3) is 0 Å². The third kappa shape index (κ3) is 2.34. The quantitative estimate of drug-likeness (QED) is 0.715. The minimum Gasteiger partial charge on any atom is -0.292 e. The van der Waals surface area contributed by atoms with E-state index in [0.29, 0.717) is 5.01 Å². The molecular weight excluding hydrogens is 206 g/mol. The average molecular weight is 221 g/mol. The van der Waals surface area contributed by atoms with Gasteiger partial charge in [0, 0.05) is 12.3 Å². The minimum atomic E-state index is 0.0658. The predicted octanol–water partition coefficient (Wildman–Crippen LogP) is 3.55. The second-order valence-corrected chi connectivity index (χ2v) is 5.06. The highest BCUT2D eigenvalue weighted by molar-refractivity contribution is 7.11. The molecule has 1 aromatic heterocycles. The van der Waals surface area contributed by atoms with Gasteiger partial charge in [0.2, 0.25) is 0 Å². The second-order valence-electron chi connectivity index (χ2n) is 4.20. The van der Waals surface area contributed by atoms with Crippen molar-refractivity contribution in [2.45, 2.75) is 33.1 Å². The van der Waals surface area contributed by atoms with Gasteiger partial charge in [-0.05, 0) is 30.8 Å². The smallest absolute Gasteiger partial charge is 0.188 e. The standard InChI is InChI=1S/C12H15NOS/c1-8-3-5-10(6-4-8)11-7-15-12(13-11)9(2)14/h5,7-8H,3-4,6H2,1-2H3. The van der Waals surface area contributed by atoms with E-state index in [2.05, 4.69) is 18.0 Å². The Balaban J connectivity index is 2.19. The molecule has 15 heavy (non-hydrogen) atoms. The maximum Gasteiger partial charge on any atom is 0.188 e. The minimum absolute atomic E-state index is 0.0658. The first kappa shape index (κ1) is 10.6. The Hall–Kier alpha value is -0.960. The highest BCUT2D eigenvalue weighted by Gasteiger charge is 2.14. The van der Waals surface area contributed by atoms with E-state index in [9.17, 15) is 4.79 Å². The number of nitrogens with zero attached hydrogens (tertiary/aromatic N) is 1. The molecule has 0 amide bonds. The molecule has 3 heteroatoms. The van der Waals surface area contributed by atoms with Gasteiger partial charge in [-0.15, -0.1) is 11.3 Å². The van der Waals surface area contributed by atoms with Crippen LogP contribution < -0.4 is 0 Å². The highest BCUT2D eigenvalue weighted by Crippen LogP contribution is 2.30. The van der Waals surface area contributed by atoms with Crippen molar-refractivity contribution in [2.75, 3.05) is 0 Å². The molecule has 0 N–H and O–H groups in total. The number of hydrogen-bond acceptors (Lipinski definition) is 3. The molecule has 0 radical (unpaired) electrons. The van der Waals surface area contributed by atoms with E-state index in [4.69, 9.17) is 0 Å². The molecule has 0 spiro atoms. The van der Waals surface area contributed by atoms with Crippen LogP contribution in [0.3, 0.4) is 0 Å². The third-order valence-electron chi connectivity index (χ3n) is 2.81. The van der Waals surface area contributed by atoms with Crippen molar-refractivity contribution < 1.29 is 4.79 Å². The predicted molar refractivity (Wildman–Crippen MR) is 63.1 cm³/mol. The summed E-state index contributed by atoms with van der Waals surface area (Å²) >= 11 is 1.45. The van der Waals surface area contributed by atoms with Crippen LogP contribution in [0.5, 0.6) is 0 Å². The number of hydrogen-bond donors (Lipinski definition) is 0. The maximum absolute atomic E-state index is 11.1. The van der Waals surface area contributed by atoms with Gasteiger partial charge in [-0.2, -0.15) is 0 Å². The summed E-state index contributed by atoms with van der Waals surface area (Å²) in [5.41, 5.74) is 2.33. The summed E-state index contributed by atoms with van der Waals surface area (Å²) < 4.78 is 0. The first-order chi connectivity index (χ1) is 7.16. The molecule has 0 saturated carbocycles. The molecule has 1 unspecified atom stereocenters. The van der Waals surface area contributed by atoms with Crippen molar-refractivity contribution in [1.29, 1.82) is 0 Å². The van der Waals surface area contributed by atoms with Crippen molar-refractivity contribution in [3.63, 3.8) is 0 Å². The fraction of sp³-hybridized carbons (Fsp3) is 0.500. The summed E-state index contributed by atoms with van der Waals surface area (Å²) in [5, 5.41) is 2.63. The SMILES string of the molecule is CC(=O)c1nc(C2=CCC(C)CC2)cs1. The molecule has 80 valence electrons. The molecular formula is C12H15NOS. The Labute approximate surface area is 94.0 Å². The first-order valence-corrected chi connectivity index (χ1v) is 6.20. The van der Waals surface area contributed by atoms with E-state index < -0.39 is 0 Å². The van der Waals surface area contributed by atoms with E-state index >= 15 is 0 Å². The summed E-state index contributed by atoms with van der Waals surface area (Å²) in [7, 11) is 0. The van der Waals surface area contributed by atoms with Gasteiger partial charge in [0.15, 0.2) is 10.8 Å². The lowest BCUT2D eigenvalue weighted by Gasteiger charge is -2.16. The molecule has 1 aliphatic carbocycles. The lowest BCUT2D eigenvalue weighted by Crippen LogP contribution is -2.01. The zero-order valence-corrected chi connectivity index (χ0v) is 9.93. The normalized spacial score (nSPS) is 21.2. The van der Waals surface area contributed by atoms with E-state index in [0.717, 1.165) is 24.5 Å². The van der Waals surface area contributed by atoms with Gasteiger partial charge in [0.1, 0.15) is 0 Å².